The zero-order valence-electron chi connectivity index (χ0n) is 12.7. The normalized spacial score (nSPS) is 10.7. The molecule has 0 radical (unpaired) electrons. The van der Waals surface area contributed by atoms with Gasteiger partial charge in [-0.1, -0.05) is 13.3 Å². The fourth-order valence-electron chi connectivity index (χ4n) is 1.67. The molecule has 2 N–H and O–H groups in total. The molecular formula is C14H21N3O5. The molecule has 1 aromatic carbocycles. The van der Waals surface area contributed by atoms with Gasteiger partial charge in [0.25, 0.3) is 0 Å². The minimum Gasteiger partial charge on any atom is -0.493 e. The predicted molar refractivity (Wildman–Crippen MR) is 82.7 cm³/mol. The summed E-state index contributed by atoms with van der Waals surface area (Å²) in [6, 6.07) is 2.98. The maximum Gasteiger partial charge on any atom is 0.315 e. The van der Waals surface area contributed by atoms with Crippen molar-refractivity contribution < 1.29 is 19.5 Å². The second-order valence-corrected chi connectivity index (χ2v) is 4.42. The van der Waals surface area contributed by atoms with E-state index in [0.29, 0.717) is 18.7 Å². The van der Waals surface area contributed by atoms with Crippen molar-refractivity contribution in [3.05, 3.63) is 27.8 Å². The Labute approximate surface area is 128 Å². The molecule has 1 rings (SSSR count). The lowest BCUT2D eigenvalue weighted by molar-refractivity contribution is -0.386. The van der Waals surface area contributed by atoms with Gasteiger partial charge >= 0.3 is 5.69 Å². The molecule has 0 fully saturated rings. The lowest BCUT2D eigenvalue weighted by atomic mass is 10.2. The Morgan fingerprint density at radius 2 is 2.27 bits per heavy atom. The molecule has 0 aromatic heterocycles. The molecule has 0 saturated carbocycles. The van der Waals surface area contributed by atoms with E-state index in [9.17, 15) is 10.1 Å². The molecule has 0 atom stereocenters. The summed E-state index contributed by atoms with van der Waals surface area (Å²) in [6.07, 6.45) is 3.15. The summed E-state index contributed by atoms with van der Waals surface area (Å²) in [4.78, 5) is 10.7. The first-order valence-electron chi connectivity index (χ1n) is 7.00. The Morgan fingerprint density at radius 3 is 2.86 bits per heavy atom. The Hall–Kier alpha value is -2.35. The van der Waals surface area contributed by atoms with Gasteiger partial charge in [0.15, 0.2) is 5.75 Å². The molecule has 1 aromatic rings. The van der Waals surface area contributed by atoms with Crippen LogP contribution >= 0.6 is 0 Å². The average Bonchev–Trinajstić information content (AvgIpc) is 2.52. The monoisotopic (exact) mass is 311 g/mol. The van der Waals surface area contributed by atoms with Gasteiger partial charge in [-0.25, -0.2) is 0 Å². The molecular weight excluding hydrogens is 290 g/mol. The van der Waals surface area contributed by atoms with E-state index in [1.807, 2.05) is 6.92 Å². The van der Waals surface area contributed by atoms with Crippen LogP contribution in [-0.4, -0.2) is 43.1 Å². The third-order valence-corrected chi connectivity index (χ3v) is 2.75. The maximum absolute atomic E-state index is 11.2. The first-order valence-corrected chi connectivity index (χ1v) is 7.00. The maximum atomic E-state index is 11.2. The van der Waals surface area contributed by atoms with E-state index in [4.69, 9.17) is 14.6 Å². The molecule has 0 saturated heterocycles. The van der Waals surface area contributed by atoms with Gasteiger partial charge in [0, 0.05) is 11.6 Å². The number of nitrogens with zero attached hydrogens (tertiary/aromatic N) is 2. The zero-order valence-corrected chi connectivity index (χ0v) is 12.7. The quantitative estimate of drug-likeness (QED) is 0.295. The molecule has 0 spiro atoms. The summed E-state index contributed by atoms with van der Waals surface area (Å²) in [7, 11) is 1.43. The summed E-state index contributed by atoms with van der Waals surface area (Å²) in [5, 5.41) is 23.7. The molecule has 0 bridgehead atoms. The summed E-state index contributed by atoms with van der Waals surface area (Å²) in [5.41, 5.74) is 2.93. The lowest BCUT2D eigenvalue weighted by Crippen LogP contribution is -2.11. The first-order chi connectivity index (χ1) is 10.6. The molecule has 0 aliphatic heterocycles. The standard InChI is InChI=1S/C14H21N3O5/c1-3-4-7-22-14-12(17(19)20)8-11(9-13(14)21-2)10-16-15-5-6-18/h8-10,15,18H,3-7H2,1-2H3. The second-order valence-electron chi connectivity index (χ2n) is 4.42. The van der Waals surface area contributed by atoms with E-state index < -0.39 is 4.92 Å². The van der Waals surface area contributed by atoms with Crippen molar-refractivity contribution in [2.24, 2.45) is 5.10 Å². The van der Waals surface area contributed by atoms with Gasteiger partial charge in [0.05, 0.1) is 38.0 Å². The van der Waals surface area contributed by atoms with Gasteiger partial charge in [-0.3, -0.25) is 10.1 Å². The van der Waals surface area contributed by atoms with E-state index in [2.05, 4.69) is 10.5 Å². The minimum absolute atomic E-state index is 0.0506. The van der Waals surface area contributed by atoms with Crippen molar-refractivity contribution in [1.82, 2.24) is 5.43 Å². The van der Waals surface area contributed by atoms with E-state index in [0.717, 1.165) is 12.8 Å². The van der Waals surface area contributed by atoms with Crippen LogP contribution in [0.5, 0.6) is 11.5 Å². The Balaban J connectivity index is 3.05. The van der Waals surface area contributed by atoms with E-state index in [1.165, 1.54) is 19.4 Å². The Morgan fingerprint density at radius 1 is 1.50 bits per heavy atom. The number of unbranched alkanes of at least 4 members (excludes halogenated alkanes) is 1. The van der Waals surface area contributed by atoms with E-state index in [1.54, 1.807) is 6.07 Å². The minimum atomic E-state index is -0.512. The van der Waals surface area contributed by atoms with Crippen LogP contribution < -0.4 is 14.9 Å². The van der Waals surface area contributed by atoms with Crippen molar-refractivity contribution >= 4 is 11.9 Å². The number of aliphatic hydroxyl groups excluding tert-OH is 1. The molecule has 22 heavy (non-hydrogen) atoms. The van der Waals surface area contributed by atoms with Crippen molar-refractivity contribution in [2.75, 3.05) is 26.9 Å². The number of nitro groups is 1. The number of nitro benzene ring substituents is 1. The third-order valence-electron chi connectivity index (χ3n) is 2.75. The largest absolute Gasteiger partial charge is 0.493 e. The third kappa shape index (κ3) is 5.21. The van der Waals surface area contributed by atoms with Crippen molar-refractivity contribution in [3.8, 4) is 11.5 Å². The molecule has 0 unspecified atom stereocenters. The number of ether oxygens (including phenoxy) is 2. The number of methoxy groups -OCH3 is 1. The van der Waals surface area contributed by atoms with Crippen LogP contribution in [0.4, 0.5) is 5.69 Å². The van der Waals surface area contributed by atoms with Crippen LogP contribution in [0.2, 0.25) is 0 Å². The smallest absolute Gasteiger partial charge is 0.315 e. The number of hydrogen-bond acceptors (Lipinski definition) is 7. The summed E-state index contributed by atoms with van der Waals surface area (Å²) in [6.45, 7) is 2.64. The van der Waals surface area contributed by atoms with Crippen LogP contribution in [0.25, 0.3) is 0 Å². The highest BCUT2D eigenvalue weighted by molar-refractivity contribution is 5.83. The van der Waals surface area contributed by atoms with Crippen LogP contribution in [0.3, 0.4) is 0 Å². The zero-order chi connectivity index (χ0) is 16.4. The number of aliphatic hydroxyl groups is 1. The fraction of sp³-hybridized carbons (Fsp3) is 0.500. The summed E-state index contributed by atoms with van der Waals surface area (Å²) >= 11 is 0. The van der Waals surface area contributed by atoms with E-state index in [-0.39, 0.29) is 23.8 Å². The van der Waals surface area contributed by atoms with Crippen molar-refractivity contribution in [2.45, 2.75) is 19.8 Å². The number of hydrogen-bond donors (Lipinski definition) is 2. The number of nitrogens with one attached hydrogen (secondary N) is 1. The molecule has 8 nitrogen and oxygen atoms in total. The van der Waals surface area contributed by atoms with Crippen LogP contribution in [0.15, 0.2) is 17.2 Å². The van der Waals surface area contributed by atoms with Crippen LogP contribution in [-0.2, 0) is 0 Å². The van der Waals surface area contributed by atoms with Crippen molar-refractivity contribution in [1.29, 1.82) is 0 Å². The van der Waals surface area contributed by atoms with Crippen LogP contribution in [0, 0.1) is 10.1 Å². The topological polar surface area (TPSA) is 106 Å². The molecule has 8 heteroatoms. The van der Waals surface area contributed by atoms with E-state index >= 15 is 0 Å². The average molecular weight is 311 g/mol. The summed E-state index contributed by atoms with van der Waals surface area (Å²) < 4.78 is 10.7. The SMILES string of the molecule is CCCCOc1c(OC)cc(C=NNCCO)cc1[N+](=O)[O-]. The molecule has 0 amide bonds. The molecule has 0 aliphatic rings. The van der Waals surface area contributed by atoms with Gasteiger partial charge in [-0.05, 0) is 12.5 Å². The predicted octanol–water partition coefficient (Wildman–Crippen LogP) is 1.70. The number of rotatable bonds is 10. The number of benzene rings is 1. The lowest BCUT2D eigenvalue weighted by Gasteiger charge is -2.11. The number of hydrazone groups is 1. The van der Waals surface area contributed by atoms with Gasteiger partial charge in [-0.2, -0.15) is 5.10 Å². The molecule has 0 aliphatic carbocycles. The van der Waals surface area contributed by atoms with Gasteiger partial charge in [0.1, 0.15) is 0 Å². The van der Waals surface area contributed by atoms with Crippen LogP contribution in [0.1, 0.15) is 25.3 Å². The Bertz CT molecular complexity index is 519. The first kappa shape index (κ1) is 17.7. The van der Waals surface area contributed by atoms with Gasteiger partial charge in [0.2, 0.25) is 5.75 Å². The Kier molecular flexibility index (Phi) is 7.69. The highest BCUT2D eigenvalue weighted by atomic mass is 16.6. The summed E-state index contributed by atoms with van der Waals surface area (Å²) in [5.74, 6) is 0.412. The fourth-order valence-corrected chi connectivity index (χ4v) is 1.67. The van der Waals surface area contributed by atoms with Crippen molar-refractivity contribution in [3.63, 3.8) is 0 Å². The molecule has 122 valence electrons. The molecule has 0 heterocycles. The highest BCUT2D eigenvalue weighted by Gasteiger charge is 2.21. The second kappa shape index (κ2) is 9.56. The highest BCUT2D eigenvalue weighted by Crippen LogP contribution is 2.38. The van der Waals surface area contributed by atoms with Gasteiger partial charge < -0.3 is 20.0 Å². The van der Waals surface area contributed by atoms with Gasteiger partial charge in [-0.15, -0.1) is 0 Å².